The number of hydrogen-bond donors (Lipinski definition) is 2. The number of guanidine groups is 1. The van der Waals surface area contributed by atoms with Crippen molar-refractivity contribution in [3.63, 3.8) is 0 Å². The second kappa shape index (κ2) is 11.1. The Balaban J connectivity index is 0.00000338. The summed E-state index contributed by atoms with van der Waals surface area (Å²) in [4.78, 5) is 4.38. The van der Waals surface area contributed by atoms with Crippen LogP contribution in [0.5, 0.6) is 5.75 Å². The van der Waals surface area contributed by atoms with E-state index in [1.165, 1.54) is 12.1 Å². The molecule has 0 saturated carbocycles. The van der Waals surface area contributed by atoms with Gasteiger partial charge in [0.1, 0.15) is 12.1 Å². The van der Waals surface area contributed by atoms with Crippen molar-refractivity contribution in [3.05, 3.63) is 40.9 Å². The zero-order chi connectivity index (χ0) is 18.2. The van der Waals surface area contributed by atoms with Crippen LogP contribution >= 0.6 is 35.6 Å². The zero-order valence-corrected chi connectivity index (χ0v) is 17.3. The molecule has 0 radical (unpaired) electrons. The molecule has 144 valence electrons. The Morgan fingerprint density at radius 2 is 2.15 bits per heavy atom. The van der Waals surface area contributed by atoms with Gasteiger partial charge in [-0.1, -0.05) is 11.6 Å². The lowest BCUT2D eigenvalue weighted by atomic mass is 10.2. The van der Waals surface area contributed by atoms with Gasteiger partial charge in [0.2, 0.25) is 0 Å². The van der Waals surface area contributed by atoms with Crippen molar-refractivity contribution in [1.29, 1.82) is 0 Å². The van der Waals surface area contributed by atoms with Gasteiger partial charge < -0.3 is 19.9 Å². The predicted octanol–water partition coefficient (Wildman–Crippen LogP) is 2.94. The van der Waals surface area contributed by atoms with E-state index in [0.717, 1.165) is 5.82 Å². The first-order valence-electron chi connectivity index (χ1n) is 7.58. The van der Waals surface area contributed by atoms with Gasteiger partial charge in [0, 0.05) is 24.2 Å². The van der Waals surface area contributed by atoms with E-state index in [4.69, 9.17) is 11.6 Å². The number of aryl methyl sites for hydroxylation is 1. The van der Waals surface area contributed by atoms with E-state index >= 15 is 0 Å². The molecule has 1 heterocycles. The quantitative estimate of drug-likeness (QED) is 0.347. The van der Waals surface area contributed by atoms with Gasteiger partial charge in [0.15, 0.2) is 11.8 Å². The van der Waals surface area contributed by atoms with Crippen molar-refractivity contribution < 1.29 is 13.5 Å². The molecule has 0 aliphatic rings. The van der Waals surface area contributed by atoms with Crippen molar-refractivity contribution in [1.82, 2.24) is 25.4 Å². The van der Waals surface area contributed by atoms with E-state index in [-0.39, 0.29) is 36.3 Å². The Morgan fingerprint density at radius 3 is 2.77 bits per heavy atom. The van der Waals surface area contributed by atoms with Crippen LogP contribution in [0.25, 0.3) is 0 Å². The molecule has 0 unspecified atom stereocenters. The van der Waals surface area contributed by atoms with Gasteiger partial charge in [-0.25, -0.2) is 4.99 Å². The van der Waals surface area contributed by atoms with Crippen molar-refractivity contribution in [3.8, 4) is 5.75 Å². The number of nitrogens with zero attached hydrogens (tertiary/aromatic N) is 4. The molecule has 7 nitrogen and oxygen atoms in total. The molecule has 0 aliphatic heterocycles. The topological polar surface area (TPSA) is 76.4 Å². The molecular formula is C15H20ClF2IN6O. The SMILES string of the molecule is CCNC(=NCc1cc(Cl)ccc1OC(F)F)NCc1nncn1C.I. The fourth-order valence-electron chi connectivity index (χ4n) is 2.02. The number of nitrogens with one attached hydrogen (secondary N) is 2. The lowest BCUT2D eigenvalue weighted by Gasteiger charge is -2.13. The highest BCUT2D eigenvalue weighted by Gasteiger charge is 2.10. The monoisotopic (exact) mass is 500 g/mol. The van der Waals surface area contributed by atoms with Crippen molar-refractivity contribution >= 4 is 41.5 Å². The Bertz CT molecular complexity index is 728. The van der Waals surface area contributed by atoms with Crippen LogP contribution in [-0.4, -0.2) is 33.9 Å². The highest BCUT2D eigenvalue weighted by atomic mass is 127. The molecule has 2 aromatic rings. The van der Waals surface area contributed by atoms with Crippen molar-refractivity contribution in [2.45, 2.75) is 26.6 Å². The molecule has 0 spiro atoms. The first kappa shape index (κ1) is 22.4. The minimum Gasteiger partial charge on any atom is -0.434 e. The summed E-state index contributed by atoms with van der Waals surface area (Å²) in [5.41, 5.74) is 0.462. The van der Waals surface area contributed by atoms with Gasteiger partial charge in [-0.15, -0.1) is 34.2 Å². The summed E-state index contributed by atoms with van der Waals surface area (Å²) in [5.74, 6) is 1.29. The maximum atomic E-state index is 12.5. The maximum absolute atomic E-state index is 12.5. The van der Waals surface area contributed by atoms with Crippen LogP contribution < -0.4 is 15.4 Å². The summed E-state index contributed by atoms with van der Waals surface area (Å²) in [7, 11) is 1.83. The summed E-state index contributed by atoms with van der Waals surface area (Å²) in [6, 6.07) is 4.44. The van der Waals surface area contributed by atoms with E-state index in [2.05, 4.69) is 30.6 Å². The molecule has 1 aromatic carbocycles. The van der Waals surface area contributed by atoms with Crippen molar-refractivity contribution in [2.24, 2.45) is 12.0 Å². The summed E-state index contributed by atoms with van der Waals surface area (Å²) in [5, 5.41) is 14.4. The minimum atomic E-state index is -2.91. The number of alkyl halides is 2. The number of rotatable bonds is 7. The molecule has 0 bridgehead atoms. The Hall–Kier alpha value is -1.69. The number of halogens is 4. The van der Waals surface area contributed by atoms with Gasteiger partial charge in [-0.05, 0) is 25.1 Å². The van der Waals surface area contributed by atoms with E-state index in [9.17, 15) is 8.78 Å². The Labute approximate surface area is 172 Å². The minimum absolute atomic E-state index is 0. The Kier molecular flexibility index (Phi) is 9.55. The van der Waals surface area contributed by atoms with E-state index in [1.807, 2.05) is 14.0 Å². The lowest BCUT2D eigenvalue weighted by Crippen LogP contribution is -2.37. The molecule has 26 heavy (non-hydrogen) atoms. The molecule has 2 N–H and O–H groups in total. The molecule has 0 amide bonds. The highest BCUT2D eigenvalue weighted by molar-refractivity contribution is 14.0. The Morgan fingerprint density at radius 1 is 1.38 bits per heavy atom. The van der Waals surface area contributed by atoms with E-state index < -0.39 is 6.61 Å². The van der Waals surface area contributed by atoms with Gasteiger partial charge in [-0.3, -0.25) is 0 Å². The second-order valence-electron chi connectivity index (χ2n) is 5.04. The molecule has 0 atom stereocenters. The van der Waals surface area contributed by atoms with Crippen LogP contribution in [0.15, 0.2) is 29.5 Å². The van der Waals surface area contributed by atoms with Crippen LogP contribution in [0.4, 0.5) is 8.78 Å². The third kappa shape index (κ3) is 6.90. The van der Waals surface area contributed by atoms with Crippen LogP contribution in [0.3, 0.4) is 0 Å². The molecule has 11 heteroatoms. The molecule has 0 aliphatic carbocycles. The molecule has 0 saturated heterocycles. The van der Waals surface area contributed by atoms with Gasteiger partial charge in [-0.2, -0.15) is 8.78 Å². The second-order valence-corrected chi connectivity index (χ2v) is 5.47. The number of aliphatic imine (C=N–C) groups is 1. The highest BCUT2D eigenvalue weighted by Crippen LogP contribution is 2.25. The summed E-state index contributed by atoms with van der Waals surface area (Å²) in [6.07, 6.45) is 1.60. The maximum Gasteiger partial charge on any atom is 0.387 e. The van der Waals surface area contributed by atoms with Gasteiger partial charge >= 0.3 is 6.61 Å². The number of hydrogen-bond acceptors (Lipinski definition) is 4. The molecule has 2 rings (SSSR count). The first-order valence-corrected chi connectivity index (χ1v) is 7.95. The smallest absolute Gasteiger partial charge is 0.387 e. The van der Waals surface area contributed by atoms with E-state index in [1.54, 1.807) is 17.0 Å². The predicted molar refractivity (Wildman–Crippen MR) is 106 cm³/mol. The van der Waals surface area contributed by atoms with Crippen LogP contribution in [0, 0.1) is 0 Å². The number of ether oxygens (including phenoxy) is 1. The molecular weight excluding hydrogens is 481 g/mol. The van der Waals surface area contributed by atoms with Crippen LogP contribution in [0.1, 0.15) is 18.3 Å². The fourth-order valence-corrected chi connectivity index (χ4v) is 2.21. The molecule has 0 fully saturated rings. The van der Waals surface area contributed by atoms with Crippen LogP contribution in [0.2, 0.25) is 5.02 Å². The average Bonchev–Trinajstić information content (AvgIpc) is 2.97. The zero-order valence-electron chi connectivity index (χ0n) is 14.2. The summed E-state index contributed by atoms with van der Waals surface area (Å²) >= 11 is 5.94. The summed E-state index contributed by atoms with van der Waals surface area (Å²) in [6.45, 7) is 0.186. The normalized spacial score (nSPS) is 11.2. The lowest BCUT2D eigenvalue weighted by molar-refractivity contribution is -0.0504. The van der Waals surface area contributed by atoms with Crippen LogP contribution in [-0.2, 0) is 20.1 Å². The standard InChI is InChI=1S/C15H19ClF2N6O.HI/c1-3-19-15(21-8-13-23-22-9-24(13)2)20-7-10-6-11(16)4-5-12(10)25-14(17)18;/h4-6,9,14H,3,7-8H2,1-2H3,(H2,19,20,21);1H. The number of aromatic nitrogens is 3. The number of benzene rings is 1. The fraction of sp³-hybridized carbons (Fsp3) is 0.400. The largest absolute Gasteiger partial charge is 0.434 e. The molecule has 1 aromatic heterocycles. The first-order chi connectivity index (χ1) is 12.0. The third-order valence-corrected chi connectivity index (χ3v) is 3.44. The third-order valence-electron chi connectivity index (χ3n) is 3.21. The van der Waals surface area contributed by atoms with Gasteiger partial charge in [0.25, 0.3) is 0 Å². The average molecular weight is 501 g/mol. The summed E-state index contributed by atoms with van der Waals surface area (Å²) < 4.78 is 31.3. The van der Waals surface area contributed by atoms with Gasteiger partial charge in [0.05, 0.1) is 13.1 Å². The van der Waals surface area contributed by atoms with Crippen molar-refractivity contribution in [2.75, 3.05) is 6.54 Å². The van der Waals surface area contributed by atoms with E-state index in [0.29, 0.717) is 29.6 Å².